The summed E-state index contributed by atoms with van der Waals surface area (Å²) in [7, 11) is 0. The van der Waals surface area contributed by atoms with E-state index in [1.807, 2.05) is 0 Å². The van der Waals surface area contributed by atoms with Crippen molar-refractivity contribution >= 4 is 0 Å². The fourth-order valence-electron chi connectivity index (χ4n) is 0.473. The first-order valence-corrected chi connectivity index (χ1v) is 3.05. The third-order valence-electron chi connectivity index (χ3n) is 0.948. The molecule has 0 aliphatic rings. The first kappa shape index (κ1) is 8.12. The Labute approximate surface area is 67.8 Å². The molecule has 0 aliphatic carbocycles. The van der Waals surface area contributed by atoms with E-state index >= 15 is 0 Å². The van der Waals surface area contributed by atoms with Crippen molar-refractivity contribution in [2.45, 2.75) is 0 Å². The van der Waals surface area contributed by atoms with Crippen LogP contribution in [-0.4, -0.2) is 30.8 Å². The van der Waals surface area contributed by atoms with Gasteiger partial charge in [-0.15, -0.1) is 10.2 Å². The molecule has 6 heteroatoms. The minimum Gasteiger partial charge on any atom is -0.506 e. The second kappa shape index (κ2) is 4.02. The van der Waals surface area contributed by atoms with Crippen LogP contribution in [0.25, 0.3) is 0 Å². The molecule has 1 rings (SSSR count). The molecule has 0 amide bonds. The van der Waals surface area contributed by atoms with Gasteiger partial charge in [0.25, 0.3) is 0 Å². The molecule has 0 atom stereocenters. The van der Waals surface area contributed by atoms with E-state index in [1.54, 1.807) is 0 Å². The van der Waals surface area contributed by atoms with Crippen LogP contribution in [0.5, 0.6) is 11.5 Å². The lowest BCUT2D eigenvalue weighted by atomic mass is 10.4. The van der Waals surface area contributed by atoms with Crippen molar-refractivity contribution < 1.29 is 10.2 Å². The van der Waals surface area contributed by atoms with Gasteiger partial charge in [0.2, 0.25) is 0 Å². The number of aromatic hydroxyl groups is 2. The van der Waals surface area contributed by atoms with Crippen LogP contribution in [0.3, 0.4) is 0 Å². The van der Waals surface area contributed by atoms with Crippen molar-refractivity contribution in [1.82, 2.24) is 20.6 Å². The van der Waals surface area contributed by atoms with Gasteiger partial charge in [0.1, 0.15) is 11.5 Å². The molecule has 0 bridgehead atoms. The zero-order valence-corrected chi connectivity index (χ0v) is 5.99. The average Bonchev–Trinajstić information content (AvgIpc) is 2.07. The Morgan fingerprint density at radius 2 is 1.25 bits per heavy atom. The number of nitrogens with zero attached hydrogens (tertiary/aromatic N) is 4. The van der Waals surface area contributed by atoms with E-state index < -0.39 is 0 Å². The molecule has 0 saturated carbocycles. The fourth-order valence-corrected chi connectivity index (χ4v) is 0.473. The number of hydrogen-bond donors (Lipinski definition) is 2. The lowest BCUT2D eigenvalue weighted by Crippen LogP contribution is -1.81. The molecular formula is C6H6N4O2. The second-order valence-corrected chi connectivity index (χ2v) is 1.85. The third kappa shape index (κ3) is 2.74. The van der Waals surface area contributed by atoms with Crippen LogP contribution in [0.2, 0.25) is 0 Å². The van der Waals surface area contributed by atoms with Gasteiger partial charge in [-0.1, -0.05) is 0 Å². The molecule has 12 heavy (non-hydrogen) atoms. The molecule has 1 aromatic rings. The summed E-state index contributed by atoms with van der Waals surface area (Å²) in [5, 5.41) is 30.9. The van der Waals surface area contributed by atoms with Gasteiger partial charge in [-0.2, -0.15) is 0 Å². The maximum absolute atomic E-state index is 8.96. The molecule has 0 spiro atoms. The van der Waals surface area contributed by atoms with E-state index in [4.69, 9.17) is 10.2 Å². The van der Waals surface area contributed by atoms with E-state index in [0.29, 0.717) is 0 Å². The van der Waals surface area contributed by atoms with Gasteiger partial charge in [0.15, 0.2) is 0 Å². The second-order valence-electron chi connectivity index (χ2n) is 1.85. The maximum Gasteiger partial charge on any atom is 0.135 e. The summed E-state index contributed by atoms with van der Waals surface area (Å²) in [6, 6.07) is 2.51. The lowest BCUT2D eigenvalue weighted by Gasteiger charge is -1.82. The number of rotatable bonds is 0. The SMILES string of the molecule is Oc1ccc(O)cnnnnc1. The van der Waals surface area contributed by atoms with Crippen LogP contribution in [0, 0.1) is 0 Å². The number of hydrogen-bond acceptors (Lipinski definition) is 6. The molecule has 1 aromatic heterocycles. The van der Waals surface area contributed by atoms with E-state index in [1.165, 1.54) is 12.1 Å². The van der Waals surface area contributed by atoms with Crippen LogP contribution in [-0.2, 0) is 0 Å². The molecule has 6 nitrogen and oxygen atoms in total. The summed E-state index contributed by atoms with van der Waals surface area (Å²) < 4.78 is 0. The van der Waals surface area contributed by atoms with Crippen molar-refractivity contribution in [3.63, 3.8) is 0 Å². The molecule has 62 valence electrons. The zero-order valence-electron chi connectivity index (χ0n) is 5.99. The minimum absolute atomic E-state index is 0.129. The first-order chi connectivity index (χ1) is 5.79. The summed E-state index contributed by atoms with van der Waals surface area (Å²) in [4.78, 5) is 0. The van der Waals surface area contributed by atoms with Crippen LogP contribution in [0.4, 0.5) is 0 Å². The van der Waals surface area contributed by atoms with Crippen molar-refractivity contribution in [1.29, 1.82) is 0 Å². The molecule has 0 aromatic carbocycles. The predicted molar refractivity (Wildman–Crippen MR) is 38.6 cm³/mol. The monoisotopic (exact) mass is 166 g/mol. The van der Waals surface area contributed by atoms with Gasteiger partial charge in [-0.25, -0.2) is 0 Å². The van der Waals surface area contributed by atoms with Gasteiger partial charge in [-0.05, 0) is 22.6 Å². The summed E-state index contributed by atoms with van der Waals surface area (Å²) >= 11 is 0. The van der Waals surface area contributed by atoms with Gasteiger partial charge < -0.3 is 10.2 Å². The highest BCUT2D eigenvalue weighted by Gasteiger charge is 1.81. The highest BCUT2D eigenvalue weighted by molar-refractivity contribution is 5.18. The molecule has 0 saturated heterocycles. The topological polar surface area (TPSA) is 92.0 Å². The molecule has 0 radical (unpaired) electrons. The average molecular weight is 166 g/mol. The molecular weight excluding hydrogens is 160 g/mol. The fraction of sp³-hybridized carbons (Fsp3) is 0. The van der Waals surface area contributed by atoms with Crippen molar-refractivity contribution in [2.75, 3.05) is 0 Å². The largest absolute Gasteiger partial charge is 0.506 e. The maximum atomic E-state index is 8.96. The smallest absolute Gasteiger partial charge is 0.135 e. The lowest BCUT2D eigenvalue weighted by molar-refractivity contribution is 0.463. The molecule has 0 fully saturated rings. The summed E-state index contributed by atoms with van der Waals surface area (Å²) in [6.07, 6.45) is 2.15. The van der Waals surface area contributed by atoms with E-state index in [-0.39, 0.29) is 11.5 Å². The Hall–Kier alpha value is -1.98. The van der Waals surface area contributed by atoms with Crippen molar-refractivity contribution in [2.24, 2.45) is 0 Å². The highest BCUT2D eigenvalue weighted by atomic mass is 16.3. The van der Waals surface area contributed by atoms with Crippen LogP contribution >= 0.6 is 0 Å². The van der Waals surface area contributed by atoms with Crippen molar-refractivity contribution in [3.05, 3.63) is 24.5 Å². The highest BCUT2D eigenvalue weighted by Crippen LogP contribution is 2.04. The van der Waals surface area contributed by atoms with Gasteiger partial charge in [-0.3, -0.25) is 0 Å². The Kier molecular flexibility index (Phi) is 2.72. The van der Waals surface area contributed by atoms with Crippen LogP contribution in [0.15, 0.2) is 24.5 Å². The quantitative estimate of drug-likeness (QED) is 0.554. The predicted octanol–water partition coefficient (Wildman–Crippen LogP) is -0.198. The Bertz CT molecular complexity index is 285. The van der Waals surface area contributed by atoms with Crippen LogP contribution < -0.4 is 0 Å². The summed E-state index contributed by atoms with van der Waals surface area (Å²) in [5.41, 5.74) is 0. The molecule has 2 N–H and O–H groups in total. The standard InChI is InChI=1S/C6H6N4O2/c11-5-1-2-6(12)4-8-10-9-7-3-5/h1-4,11-12H. The van der Waals surface area contributed by atoms with Gasteiger partial charge >= 0.3 is 0 Å². The normalized spacial score (nSPS) is 8.67. The Morgan fingerprint density at radius 3 is 1.67 bits per heavy atom. The van der Waals surface area contributed by atoms with Crippen LogP contribution in [0.1, 0.15) is 0 Å². The van der Waals surface area contributed by atoms with Crippen molar-refractivity contribution in [3.8, 4) is 11.5 Å². The van der Waals surface area contributed by atoms with Gasteiger partial charge in [0, 0.05) is 0 Å². The number of aromatic nitrogens is 4. The Morgan fingerprint density at radius 1 is 0.833 bits per heavy atom. The van der Waals surface area contributed by atoms with E-state index in [9.17, 15) is 0 Å². The first-order valence-electron chi connectivity index (χ1n) is 3.05. The summed E-state index contributed by atoms with van der Waals surface area (Å²) in [6.45, 7) is 0. The Balaban J connectivity index is 3.21. The molecule has 1 heterocycles. The van der Waals surface area contributed by atoms with E-state index in [2.05, 4.69) is 20.6 Å². The van der Waals surface area contributed by atoms with E-state index in [0.717, 1.165) is 12.4 Å². The molecule has 0 aliphatic heterocycles. The van der Waals surface area contributed by atoms with Gasteiger partial charge in [0.05, 0.1) is 12.4 Å². The minimum atomic E-state index is -0.129. The zero-order chi connectivity index (χ0) is 8.81. The third-order valence-corrected chi connectivity index (χ3v) is 0.948. The molecule has 0 unspecified atom stereocenters. The summed E-state index contributed by atoms with van der Waals surface area (Å²) in [5.74, 6) is -0.258.